The van der Waals surface area contributed by atoms with E-state index in [0.717, 1.165) is 36.1 Å². The van der Waals surface area contributed by atoms with Crippen LogP contribution >= 0.6 is 11.3 Å². The minimum Gasteiger partial charge on any atom is -0.323 e. The average Bonchev–Trinajstić information content (AvgIpc) is 3.15. The molecule has 1 aromatic rings. The van der Waals surface area contributed by atoms with Crippen LogP contribution in [0.3, 0.4) is 0 Å². The van der Waals surface area contributed by atoms with Gasteiger partial charge in [-0.05, 0) is 24.3 Å². The van der Waals surface area contributed by atoms with Crippen molar-refractivity contribution >= 4 is 23.3 Å². The van der Waals surface area contributed by atoms with Gasteiger partial charge in [-0.15, -0.1) is 11.3 Å². The molecular formula is C15H17N3O2S. The fourth-order valence-electron chi connectivity index (χ4n) is 3.00. The first-order chi connectivity index (χ1) is 10.2. The van der Waals surface area contributed by atoms with Crippen molar-refractivity contribution in [3.63, 3.8) is 0 Å². The normalized spacial score (nSPS) is 19.8. The second-order valence-corrected chi connectivity index (χ2v) is 6.37. The van der Waals surface area contributed by atoms with Gasteiger partial charge in [-0.1, -0.05) is 24.7 Å². The number of thiophene rings is 1. The lowest BCUT2D eigenvalue weighted by atomic mass is 9.98. The molecule has 1 saturated heterocycles. The lowest BCUT2D eigenvalue weighted by molar-refractivity contribution is -0.131. The van der Waals surface area contributed by atoms with Crippen molar-refractivity contribution in [1.82, 2.24) is 10.2 Å². The Labute approximate surface area is 127 Å². The van der Waals surface area contributed by atoms with Gasteiger partial charge < -0.3 is 11.1 Å². The molecule has 2 aliphatic rings. The molecule has 2 fully saturated rings. The Morgan fingerprint density at radius 3 is 2.86 bits per heavy atom. The van der Waals surface area contributed by atoms with Crippen LogP contribution in [0.2, 0.25) is 0 Å². The predicted octanol–water partition coefficient (Wildman–Crippen LogP) is 1.42. The lowest BCUT2D eigenvalue weighted by Crippen LogP contribution is -2.44. The van der Waals surface area contributed by atoms with Crippen molar-refractivity contribution in [2.75, 3.05) is 6.54 Å². The van der Waals surface area contributed by atoms with E-state index in [4.69, 9.17) is 5.73 Å². The summed E-state index contributed by atoms with van der Waals surface area (Å²) >= 11 is 1.50. The summed E-state index contributed by atoms with van der Waals surface area (Å²) in [7, 11) is 0. The molecule has 3 rings (SSSR count). The van der Waals surface area contributed by atoms with Crippen LogP contribution in [-0.4, -0.2) is 28.9 Å². The largest absolute Gasteiger partial charge is 0.325 e. The Bertz CT molecular complexity index is 635. The van der Waals surface area contributed by atoms with Crippen molar-refractivity contribution < 1.29 is 9.59 Å². The molecular weight excluding hydrogens is 286 g/mol. The highest BCUT2D eigenvalue weighted by molar-refractivity contribution is 7.10. The van der Waals surface area contributed by atoms with Crippen LogP contribution in [0, 0.1) is 11.8 Å². The molecule has 0 radical (unpaired) electrons. The number of nitrogens with two attached hydrogens (primary N) is 1. The molecule has 1 aromatic heterocycles. The molecule has 5 nitrogen and oxygen atoms in total. The molecule has 110 valence electrons. The zero-order chi connectivity index (χ0) is 14.9. The van der Waals surface area contributed by atoms with Crippen molar-refractivity contribution in [2.45, 2.75) is 37.8 Å². The third-order valence-electron chi connectivity index (χ3n) is 4.08. The van der Waals surface area contributed by atoms with E-state index in [1.54, 1.807) is 0 Å². The summed E-state index contributed by atoms with van der Waals surface area (Å²) in [6.07, 6.45) is 3.48. The fourth-order valence-corrected chi connectivity index (χ4v) is 3.82. The van der Waals surface area contributed by atoms with E-state index in [1.807, 2.05) is 11.4 Å². The SMILES string of the molecule is NCC#Cc1ccsc1CN1C(=O)NC2(CCCC2)C1=O. The molecule has 1 spiro atoms. The average molecular weight is 303 g/mol. The van der Waals surface area contributed by atoms with Crippen molar-refractivity contribution in [3.8, 4) is 11.8 Å². The quantitative estimate of drug-likeness (QED) is 0.641. The first-order valence-corrected chi connectivity index (χ1v) is 7.94. The van der Waals surface area contributed by atoms with E-state index < -0.39 is 5.54 Å². The topological polar surface area (TPSA) is 75.4 Å². The second kappa shape index (κ2) is 5.51. The zero-order valence-electron chi connectivity index (χ0n) is 11.6. The van der Waals surface area contributed by atoms with Crippen LogP contribution < -0.4 is 11.1 Å². The van der Waals surface area contributed by atoms with Gasteiger partial charge in [-0.3, -0.25) is 9.69 Å². The summed E-state index contributed by atoms with van der Waals surface area (Å²) in [5.74, 6) is 5.70. The van der Waals surface area contributed by atoms with E-state index in [9.17, 15) is 9.59 Å². The molecule has 3 amide bonds. The van der Waals surface area contributed by atoms with E-state index in [1.165, 1.54) is 16.2 Å². The number of imide groups is 1. The van der Waals surface area contributed by atoms with Crippen LogP contribution in [0.4, 0.5) is 4.79 Å². The summed E-state index contributed by atoms with van der Waals surface area (Å²) in [6.45, 7) is 0.584. The maximum atomic E-state index is 12.6. The Morgan fingerprint density at radius 2 is 2.14 bits per heavy atom. The zero-order valence-corrected chi connectivity index (χ0v) is 12.5. The Balaban J connectivity index is 1.81. The van der Waals surface area contributed by atoms with Crippen LogP contribution in [0.1, 0.15) is 36.1 Å². The van der Waals surface area contributed by atoms with E-state index in [2.05, 4.69) is 17.2 Å². The molecule has 1 aliphatic carbocycles. The number of hydrogen-bond acceptors (Lipinski definition) is 4. The number of urea groups is 1. The number of carbonyl (C=O) groups is 2. The smallest absolute Gasteiger partial charge is 0.323 e. The minimum atomic E-state index is -0.641. The molecule has 21 heavy (non-hydrogen) atoms. The summed E-state index contributed by atoms with van der Waals surface area (Å²) < 4.78 is 0. The molecule has 0 aromatic carbocycles. The van der Waals surface area contributed by atoms with Gasteiger partial charge in [0.15, 0.2) is 0 Å². The van der Waals surface area contributed by atoms with Gasteiger partial charge in [0, 0.05) is 10.4 Å². The standard InChI is InChI=1S/C15H17N3O2S/c16-8-3-4-11-5-9-21-12(11)10-18-13(19)15(17-14(18)20)6-1-2-7-15/h5,9H,1-2,6-8,10,16H2,(H,17,20). The number of amides is 3. The Kier molecular flexibility index (Phi) is 3.70. The van der Waals surface area contributed by atoms with Gasteiger partial charge in [0.25, 0.3) is 5.91 Å². The molecule has 3 N–H and O–H groups in total. The molecule has 1 aliphatic heterocycles. The Morgan fingerprint density at radius 1 is 1.38 bits per heavy atom. The van der Waals surface area contributed by atoms with Crippen molar-refractivity contribution in [1.29, 1.82) is 0 Å². The third kappa shape index (κ3) is 2.43. The van der Waals surface area contributed by atoms with Gasteiger partial charge in [0.2, 0.25) is 0 Å². The molecule has 2 heterocycles. The number of rotatable bonds is 2. The summed E-state index contributed by atoms with van der Waals surface area (Å²) in [6, 6.07) is 1.61. The van der Waals surface area contributed by atoms with E-state index >= 15 is 0 Å². The first-order valence-electron chi connectivity index (χ1n) is 7.06. The first kappa shape index (κ1) is 14.1. The maximum Gasteiger partial charge on any atom is 0.325 e. The van der Waals surface area contributed by atoms with Crippen LogP contribution in [0.25, 0.3) is 0 Å². The van der Waals surface area contributed by atoms with Crippen molar-refractivity contribution in [2.24, 2.45) is 5.73 Å². The van der Waals surface area contributed by atoms with Gasteiger partial charge in [-0.2, -0.15) is 0 Å². The minimum absolute atomic E-state index is 0.0869. The number of nitrogens with zero attached hydrogens (tertiary/aromatic N) is 1. The van der Waals surface area contributed by atoms with Crippen LogP contribution in [-0.2, 0) is 11.3 Å². The van der Waals surface area contributed by atoms with Crippen LogP contribution in [0.15, 0.2) is 11.4 Å². The summed E-state index contributed by atoms with van der Waals surface area (Å²) in [4.78, 5) is 27.0. The highest BCUT2D eigenvalue weighted by atomic mass is 32.1. The van der Waals surface area contributed by atoms with Crippen molar-refractivity contribution in [3.05, 3.63) is 21.9 Å². The van der Waals surface area contributed by atoms with Gasteiger partial charge in [0.05, 0.1) is 13.1 Å². The summed E-state index contributed by atoms with van der Waals surface area (Å²) in [5.41, 5.74) is 5.59. The predicted molar refractivity (Wildman–Crippen MR) is 80.5 cm³/mol. The van der Waals surface area contributed by atoms with Gasteiger partial charge in [0.1, 0.15) is 5.54 Å². The van der Waals surface area contributed by atoms with E-state index in [-0.39, 0.29) is 11.9 Å². The highest BCUT2D eigenvalue weighted by Crippen LogP contribution is 2.36. The Hall–Kier alpha value is -1.84. The summed E-state index contributed by atoms with van der Waals surface area (Å²) in [5, 5.41) is 4.81. The highest BCUT2D eigenvalue weighted by Gasteiger charge is 2.52. The third-order valence-corrected chi connectivity index (χ3v) is 4.98. The van der Waals surface area contributed by atoms with E-state index in [0.29, 0.717) is 13.1 Å². The van der Waals surface area contributed by atoms with Gasteiger partial charge >= 0.3 is 6.03 Å². The second-order valence-electron chi connectivity index (χ2n) is 5.37. The lowest BCUT2D eigenvalue weighted by Gasteiger charge is -2.19. The molecule has 0 atom stereocenters. The molecule has 0 unspecified atom stereocenters. The number of nitrogens with one attached hydrogen (secondary N) is 1. The molecule has 6 heteroatoms. The number of hydrogen-bond donors (Lipinski definition) is 2. The monoisotopic (exact) mass is 303 g/mol. The number of carbonyl (C=O) groups excluding carboxylic acids is 2. The van der Waals surface area contributed by atoms with Gasteiger partial charge in [-0.25, -0.2) is 4.79 Å². The van der Waals surface area contributed by atoms with Crippen LogP contribution in [0.5, 0.6) is 0 Å². The maximum absolute atomic E-state index is 12.6. The molecule has 1 saturated carbocycles. The molecule has 0 bridgehead atoms. The fraction of sp³-hybridized carbons (Fsp3) is 0.467.